The van der Waals surface area contributed by atoms with Crippen molar-refractivity contribution in [2.75, 3.05) is 18.5 Å². The Labute approximate surface area is 118 Å². The number of rotatable bonds is 6. The summed E-state index contributed by atoms with van der Waals surface area (Å²) in [6, 6.07) is 9.11. The Balaban J connectivity index is 1.91. The lowest BCUT2D eigenvalue weighted by Gasteiger charge is -2.22. The number of amides is 2. The molecule has 0 unspecified atom stereocenters. The molecule has 106 valence electrons. The van der Waals surface area contributed by atoms with Gasteiger partial charge in [0.15, 0.2) is 0 Å². The van der Waals surface area contributed by atoms with E-state index in [-0.39, 0.29) is 12.6 Å². The average Bonchev–Trinajstić information content (AvgIpc) is 3.29. The highest BCUT2D eigenvalue weighted by Crippen LogP contribution is 2.27. The second kappa shape index (κ2) is 6.92. The van der Waals surface area contributed by atoms with E-state index in [2.05, 4.69) is 5.32 Å². The molecule has 1 aliphatic carbocycles. The van der Waals surface area contributed by atoms with Crippen LogP contribution in [0.15, 0.2) is 24.3 Å². The second-order valence-electron chi connectivity index (χ2n) is 4.97. The van der Waals surface area contributed by atoms with Crippen molar-refractivity contribution < 1.29 is 9.90 Å². The molecule has 5 nitrogen and oxygen atoms in total. The van der Waals surface area contributed by atoms with Crippen LogP contribution in [0.3, 0.4) is 0 Å². The van der Waals surface area contributed by atoms with Crippen molar-refractivity contribution in [1.82, 2.24) is 4.90 Å². The lowest BCUT2D eigenvalue weighted by atomic mass is 10.2. The van der Waals surface area contributed by atoms with Crippen molar-refractivity contribution in [3.05, 3.63) is 29.8 Å². The Morgan fingerprint density at radius 3 is 2.60 bits per heavy atom. The first kappa shape index (κ1) is 14.4. The molecular weight excluding hydrogens is 254 g/mol. The van der Waals surface area contributed by atoms with E-state index in [1.165, 1.54) is 0 Å². The predicted octanol–water partition coefficient (Wildman–Crippen LogP) is 2.33. The van der Waals surface area contributed by atoms with Gasteiger partial charge in [0.05, 0.1) is 11.6 Å². The van der Waals surface area contributed by atoms with Crippen LogP contribution in [0, 0.1) is 11.3 Å². The Kier molecular flexibility index (Phi) is 4.97. The highest BCUT2D eigenvalue weighted by molar-refractivity contribution is 5.89. The van der Waals surface area contributed by atoms with Crippen LogP contribution in [0.2, 0.25) is 0 Å². The number of nitrogens with one attached hydrogen (secondary N) is 1. The van der Waals surface area contributed by atoms with Crippen molar-refractivity contribution in [1.29, 1.82) is 5.26 Å². The molecule has 0 atom stereocenters. The predicted molar refractivity (Wildman–Crippen MR) is 76.2 cm³/mol. The maximum atomic E-state index is 12.2. The molecular formula is C15H19N3O2. The van der Waals surface area contributed by atoms with Gasteiger partial charge in [-0.2, -0.15) is 5.26 Å². The summed E-state index contributed by atoms with van der Waals surface area (Å²) < 4.78 is 0. The van der Waals surface area contributed by atoms with Gasteiger partial charge in [-0.3, -0.25) is 0 Å². The van der Waals surface area contributed by atoms with Gasteiger partial charge in [-0.15, -0.1) is 0 Å². The number of hydrogen-bond acceptors (Lipinski definition) is 3. The van der Waals surface area contributed by atoms with Crippen LogP contribution in [0.1, 0.15) is 31.2 Å². The van der Waals surface area contributed by atoms with Gasteiger partial charge in [-0.25, -0.2) is 4.79 Å². The van der Waals surface area contributed by atoms with Crippen LogP contribution < -0.4 is 5.32 Å². The third-order valence-electron chi connectivity index (χ3n) is 3.32. The van der Waals surface area contributed by atoms with E-state index < -0.39 is 0 Å². The molecule has 1 aliphatic rings. The van der Waals surface area contributed by atoms with Crippen LogP contribution in [-0.4, -0.2) is 35.2 Å². The summed E-state index contributed by atoms with van der Waals surface area (Å²) in [6.45, 7) is 0.836. The topological polar surface area (TPSA) is 76.4 Å². The molecule has 20 heavy (non-hydrogen) atoms. The third kappa shape index (κ3) is 3.97. The van der Waals surface area contributed by atoms with E-state index >= 15 is 0 Å². The van der Waals surface area contributed by atoms with Crippen molar-refractivity contribution >= 4 is 11.7 Å². The Bertz CT molecular complexity index is 489. The summed E-state index contributed by atoms with van der Waals surface area (Å²) in [4.78, 5) is 14.1. The number of benzene rings is 1. The molecule has 0 heterocycles. The second-order valence-corrected chi connectivity index (χ2v) is 4.97. The van der Waals surface area contributed by atoms with Gasteiger partial charge < -0.3 is 15.3 Å². The zero-order valence-electron chi connectivity index (χ0n) is 11.4. The Morgan fingerprint density at radius 1 is 1.35 bits per heavy atom. The van der Waals surface area contributed by atoms with E-state index in [4.69, 9.17) is 10.4 Å². The highest BCUT2D eigenvalue weighted by atomic mass is 16.3. The first-order valence-electron chi connectivity index (χ1n) is 6.93. The van der Waals surface area contributed by atoms with Gasteiger partial charge in [-0.05, 0) is 49.9 Å². The number of unbranched alkanes of at least 4 members (excludes halogenated alkanes) is 1. The molecule has 1 fully saturated rings. The van der Waals surface area contributed by atoms with Crippen LogP contribution in [0.25, 0.3) is 0 Å². The van der Waals surface area contributed by atoms with E-state index in [1.807, 2.05) is 11.0 Å². The fourth-order valence-corrected chi connectivity index (χ4v) is 2.05. The quantitative estimate of drug-likeness (QED) is 0.781. The van der Waals surface area contributed by atoms with Crippen LogP contribution in [0.4, 0.5) is 10.5 Å². The summed E-state index contributed by atoms with van der Waals surface area (Å²) in [5.41, 5.74) is 1.27. The number of nitrogens with zero attached hydrogens (tertiary/aromatic N) is 2. The lowest BCUT2D eigenvalue weighted by molar-refractivity contribution is 0.204. The van der Waals surface area contributed by atoms with Gasteiger partial charge in [-0.1, -0.05) is 0 Å². The minimum atomic E-state index is -0.102. The molecule has 5 heteroatoms. The van der Waals surface area contributed by atoms with Gasteiger partial charge in [0.2, 0.25) is 0 Å². The summed E-state index contributed by atoms with van der Waals surface area (Å²) in [5, 5.41) is 20.4. The van der Waals surface area contributed by atoms with Crippen molar-refractivity contribution in [2.24, 2.45) is 0 Å². The first-order valence-corrected chi connectivity index (χ1v) is 6.93. The molecule has 0 radical (unpaired) electrons. The monoisotopic (exact) mass is 273 g/mol. The molecule has 2 N–H and O–H groups in total. The van der Waals surface area contributed by atoms with E-state index in [1.54, 1.807) is 24.3 Å². The maximum absolute atomic E-state index is 12.2. The van der Waals surface area contributed by atoms with Crippen LogP contribution >= 0.6 is 0 Å². The molecule has 0 aromatic heterocycles. The van der Waals surface area contributed by atoms with E-state index in [9.17, 15) is 4.79 Å². The van der Waals surface area contributed by atoms with Crippen molar-refractivity contribution in [3.63, 3.8) is 0 Å². The largest absolute Gasteiger partial charge is 0.396 e. The van der Waals surface area contributed by atoms with Gasteiger partial charge in [0, 0.05) is 24.9 Å². The number of urea groups is 1. The fraction of sp³-hybridized carbons (Fsp3) is 0.467. The maximum Gasteiger partial charge on any atom is 0.322 e. The summed E-state index contributed by atoms with van der Waals surface area (Å²) >= 11 is 0. The Hall–Kier alpha value is -2.06. The zero-order chi connectivity index (χ0) is 14.4. The molecule has 2 rings (SSSR count). The summed E-state index contributed by atoms with van der Waals surface area (Å²) in [6.07, 6.45) is 3.64. The molecule has 0 aliphatic heterocycles. The number of aliphatic hydroxyl groups is 1. The van der Waals surface area contributed by atoms with Crippen LogP contribution in [0.5, 0.6) is 0 Å². The highest BCUT2D eigenvalue weighted by Gasteiger charge is 2.32. The number of aliphatic hydroxyl groups excluding tert-OH is 1. The third-order valence-corrected chi connectivity index (χ3v) is 3.32. The van der Waals surface area contributed by atoms with Gasteiger partial charge in [0.25, 0.3) is 0 Å². The minimum absolute atomic E-state index is 0.102. The molecule has 0 spiro atoms. The van der Waals surface area contributed by atoms with Gasteiger partial charge in [0.1, 0.15) is 0 Å². The SMILES string of the molecule is N#Cc1ccc(NC(=O)N(CCCCO)C2CC2)cc1. The van der Waals surface area contributed by atoms with Crippen LogP contribution in [-0.2, 0) is 0 Å². The zero-order valence-corrected chi connectivity index (χ0v) is 11.4. The Morgan fingerprint density at radius 2 is 2.05 bits per heavy atom. The van der Waals surface area contributed by atoms with E-state index in [0.29, 0.717) is 30.3 Å². The smallest absolute Gasteiger partial charge is 0.322 e. The number of carbonyl (C=O) groups excluding carboxylic acids is 1. The number of hydrogen-bond donors (Lipinski definition) is 2. The van der Waals surface area contributed by atoms with E-state index in [0.717, 1.165) is 19.3 Å². The molecule has 0 bridgehead atoms. The molecule has 2 amide bonds. The summed E-state index contributed by atoms with van der Waals surface area (Å²) in [7, 11) is 0. The molecule has 1 aromatic carbocycles. The lowest BCUT2D eigenvalue weighted by Crippen LogP contribution is -2.37. The summed E-state index contributed by atoms with van der Waals surface area (Å²) in [5.74, 6) is 0. The first-order chi connectivity index (χ1) is 9.74. The number of carbonyl (C=O) groups is 1. The molecule has 1 saturated carbocycles. The van der Waals surface area contributed by atoms with Gasteiger partial charge >= 0.3 is 6.03 Å². The average molecular weight is 273 g/mol. The minimum Gasteiger partial charge on any atom is -0.396 e. The molecule has 1 aromatic rings. The molecule has 0 saturated heterocycles. The number of nitriles is 1. The van der Waals surface area contributed by atoms with Crippen molar-refractivity contribution in [2.45, 2.75) is 31.7 Å². The standard InChI is InChI=1S/C15H19N3O2/c16-11-12-3-5-13(6-4-12)17-15(20)18(14-7-8-14)9-1-2-10-19/h3-6,14,19H,1-2,7-10H2,(H,17,20). The fourth-order valence-electron chi connectivity index (χ4n) is 2.05. The van der Waals surface area contributed by atoms with Crippen molar-refractivity contribution in [3.8, 4) is 6.07 Å². The number of anilines is 1. The normalized spacial score (nSPS) is 13.6.